The Hall–Kier alpha value is 0.270. The maximum absolute atomic E-state index is 5.46. The molecule has 1 saturated heterocycles. The summed E-state index contributed by atoms with van der Waals surface area (Å²) in [4.78, 5) is 0. The molecule has 0 amide bonds. The van der Waals surface area contributed by atoms with E-state index < -0.39 is 0 Å². The second-order valence-corrected chi connectivity index (χ2v) is 6.09. The summed E-state index contributed by atoms with van der Waals surface area (Å²) in [5.41, 5.74) is 0. The predicted octanol–water partition coefficient (Wildman–Crippen LogP) is 2.92. The van der Waals surface area contributed by atoms with Crippen molar-refractivity contribution < 1.29 is 4.74 Å². The van der Waals surface area contributed by atoms with Crippen molar-refractivity contribution in [2.45, 2.75) is 44.3 Å². The molecule has 96 valence electrons. The van der Waals surface area contributed by atoms with Gasteiger partial charge in [0.2, 0.25) is 0 Å². The Morgan fingerprint density at radius 2 is 1.88 bits per heavy atom. The van der Waals surface area contributed by atoms with Crippen LogP contribution in [0.2, 0.25) is 0 Å². The summed E-state index contributed by atoms with van der Waals surface area (Å²) in [6.45, 7) is 8.77. The Bertz CT molecular complexity index is 177. The van der Waals surface area contributed by atoms with E-state index >= 15 is 0 Å². The van der Waals surface area contributed by atoms with Crippen LogP contribution in [-0.2, 0) is 4.74 Å². The van der Waals surface area contributed by atoms with Crippen LogP contribution >= 0.6 is 11.8 Å². The molecular formula is C13H27NOS. The number of ether oxygens (including phenoxy) is 1. The van der Waals surface area contributed by atoms with Gasteiger partial charge in [-0.15, -0.1) is 0 Å². The van der Waals surface area contributed by atoms with E-state index in [9.17, 15) is 0 Å². The maximum Gasteiger partial charge on any atom is 0.0479 e. The number of hydrogen-bond acceptors (Lipinski definition) is 3. The molecule has 0 aromatic carbocycles. The van der Waals surface area contributed by atoms with Gasteiger partial charge in [-0.2, -0.15) is 11.8 Å². The van der Waals surface area contributed by atoms with Gasteiger partial charge in [0.05, 0.1) is 0 Å². The topological polar surface area (TPSA) is 21.3 Å². The van der Waals surface area contributed by atoms with Gasteiger partial charge < -0.3 is 10.1 Å². The Morgan fingerprint density at radius 3 is 2.38 bits per heavy atom. The van der Waals surface area contributed by atoms with Gasteiger partial charge in [0.15, 0.2) is 0 Å². The van der Waals surface area contributed by atoms with Crippen LogP contribution < -0.4 is 5.32 Å². The van der Waals surface area contributed by atoms with Crippen molar-refractivity contribution in [1.82, 2.24) is 5.32 Å². The first kappa shape index (κ1) is 14.3. The molecule has 1 rings (SSSR count). The Labute approximate surface area is 105 Å². The molecule has 1 aliphatic heterocycles. The van der Waals surface area contributed by atoms with Crippen molar-refractivity contribution in [3.63, 3.8) is 0 Å². The predicted molar refractivity (Wildman–Crippen MR) is 73.2 cm³/mol. The summed E-state index contributed by atoms with van der Waals surface area (Å²) in [5.74, 6) is 0.846. The van der Waals surface area contributed by atoms with Crippen molar-refractivity contribution in [3.8, 4) is 0 Å². The standard InChI is InChI=1S/C13H27NOS/c1-4-12(5-2)10-14-11-13(16-3)6-8-15-9-7-13/h12,14H,4-11H2,1-3H3. The molecule has 0 aliphatic carbocycles. The quantitative estimate of drug-likeness (QED) is 0.745. The zero-order valence-corrected chi connectivity index (χ0v) is 11.9. The molecule has 0 bridgehead atoms. The van der Waals surface area contributed by atoms with Crippen LogP contribution in [0.3, 0.4) is 0 Å². The highest BCUT2D eigenvalue weighted by Gasteiger charge is 2.31. The fourth-order valence-electron chi connectivity index (χ4n) is 2.28. The van der Waals surface area contributed by atoms with E-state index in [1.807, 2.05) is 11.8 Å². The van der Waals surface area contributed by atoms with Gasteiger partial charge in [-0.05, 0) is 31.6 Å². The van der Waals surface area contributed by atoms with Gasteiger partial charge in [0.1, 0.15) is 0 Å². The average Bonchev–Trinajstić information content (AvgIpc) is 2.36. The first-order valence-corrected chi connectivity index (χ1v) is 7.82. The van der Waals surface area contributed by atoms with Crippen LogP contribution in [-0.4, -0.2) is 37.3 Å². The molecule has 0 aromatic heterocycles. The lowest BCUT2D eigenvalue weighted by atomic mass is 9.98. The fraction of sp³-hybridized carbons (Fsp3) is 1.00. The molecule has 2 nitrogen and oxygen atoms in total. The summed E-state index contributed by atoms with van der Waals surface area (Å²) in [7, 11) is 0. The van der Waals surface area contributed by atoms with Crippen molar-refractivity contribution in [2.75, 3.05) is 32.6 Å². The molecule has 0 spiro atoms. The molecule has 1 N–H and O–H groups in total. The first-order chi connectivity index (χ1) is 7.76. The molecule has 0 radical (unpaired) electrons. The summed E-state index contributed by atoms with van der Waals surface area (Å²) in [5, 5.41) is 3.67. The summed E-state index contributed by atoms with van der Waals surface area (Å²) in [6, 6.07) is 0. The van der Waals surface area contributed by atoms with Crippen LogP contribution in [0, 0.1) is 5.92 Å². The Kier molecular flexibility index (Phi) is 6.78. The summed E-state index contributed by atoms with van der Waals surface area (Å²) >= 11 is 2.02. The highest BCUT2D eigenvalue weighted by Crippen LogP contribution is 2.33. The minimum absolute atomic E-state index is 0.435. The van der Waals surface area contributed by atoms with E-state index in [1.165, 1.54) is 32.2 Å². The van der Waals surface area contributed by atoms with Crippen LogP contribution in [0.4, 0.5) is 0 Å². The van der Waals surface area contributed by atoms with Crippen molar-refractivity contribution in [2.24, 2.45) is 5.92 Å². The molecule has 0 saturated carbocycles. The minimum Gasteiger partial charge on any atom is -0.381 e. The number of nitrogens with one attached hydrogen (secondary N) is 1. The highest BCUT2D eigenvalue weighted by atomic mass is 32.2. The van der Waals surface area contributed by atoms with Gasteiger partial charge in [-0.3, -0.25) is 0 Å². The normalized spacial score (nSPS) is 20.2. The second kappa shape index (κ2) is 7.57. The Balaban J connectivity index is 2.27. The zero-order valence-electron chi connectivity index (χ0n) is 11.1. The van der Waals surface area contributed by atoms with Crippen LogP contribution in [0.15, 0.2) is 0 Å². The summed E-state index contributed by atoms with van der Waals surface area (Å²) in [6.07, 6.45) is 7.22. The zero-order chi connectivity index (χ0) is 11.9. The lowest BCUT2D eigenvalue weighted by molar-refractivity contribution is 0.0770. The van der Waals surface area contributed by atoms with E-state index in [0.29, 0.717) is 4.75 Å². The molecule has 0 atom stereocenters. The number of hydrogen-bond donors (Lipinski definition) is 1. The molecule has 0 unspecified atom stereocenters. The summed E-state index contributed by atoms with van der Waals surface area (Å²) < 4.78 is 5.89. The number of rotatable bonds is 7. The van der Waals surface area contributed by atoms with Gasteiger partial charge in [-0.1, -0.05) is 26.7 Å². The van der Waals surface area contributed by atoms with E-state index in [-0.39, 0.29) is 0 Å². The maximum atomic E-state index is 5.46. The molecule has 3 heteroatoms. The van der Waals surface area contributed by atoms with Crippen molar-refractivity contribution in [3.05, 3.63) is 0 Å². The highest BCUT2D eigenvalue weighted by molar-refractivity contribution is 8.00. The monoisotopic (exact) mass is 245 g/mol. The molecule has 0 aromatic rings. The van der Waals surface area contributed by atoms with Crippen LogP contribution in [0.25, 0.3) is 0 Å². The van der Waals surface area contributed by atoms with E-state index in [1.54, 1.807) is 0 Å². The smallest absolute Gasteiger partial charge is 0.0479 e. The lowest BCUT2D eigenvalue weighted by Gasteiger charge is -2.36. The lowest BCUT2D eigenvalue weighted by Crippen LogP contribution is -2.43. The third kappa shape index (κ3) is 4.27. The van der Waals surface area contributed by atoms with Gasteiger partial charge in [0, 0.05) is 24.5 Å². The first-order valence-electron chi connectivity index (χ1n) is 6.60. The van der Waals surface area contributed by atoms with E-state index in [0.717, 1.165) is 25.7 Å². The van der Waals surface area contributed by atoms with Crippen molar-refractivity contribution in [1.29, 1.82) is 0 Å². The van der Waals surface area contributed by atoms with Gasteiger partial charge in [-0.25, -0.2) is 0 Å². The van der Waals surface area contributed by atoms with Crippen LogP contribution in [0.1, 0.15) is 39.5 Å². The minimum atomic E-state index is 0.435. The average molecular weight is 245 g/mol. The van der Waals surface area contributed by atoms with E-state index in [4.69, 9.17) is 4.74 Å². The Morgan fingerprint density at radius 1 is 1.25 bits per heavy atom. The van der Waals surface area contributed by atoms with Crippen molar-refractivity contribution >= 4 is 11.8 Å². The van der Waals surface area contributed by atoms with Gasteiger partial charge >= 0.3 is 0 Å². The molecular weight excluding hydrogens is 218 g/mol. The third-order valence-corrected chi connectivity index (χ3v) is 5.29. The molecule has 16 heavy (non-hydrogen) atoms. The molecule has 1 aliphatic rings. The van der Waals surface area contributed by atoms with E-state index in [2.05, 4.69) is 25.4 Å². The largest absolute Gasteiger partial charge is 0.381 e. The number of thioether (sulfide) groups is 1. The third-order valence-electron chi connectivity index (χ3n) is 3.87. The van der Waals surface area contributed by atoms with Gasteiger partial charge in [0.25, 0.3) is 0 Å². The molecule has 1 fully saturated rings. The molecule has 1 heterocycles. The second-order valence-electron chi connectivity index (χ2n) is 4.81. The van der Waals surface area contributed by atoms with Crippen LogP contribution in [0.5, 0.6) is 0 Å². The SMILES string of the molecule is CCC(CC)CNCC1(SC)CCOCC1. The fourth-order valence-corrected chi connectivity index (χ4v) is 3.10.